The van der Waals surface area contributed by atoms with Crippen molar-refractivity contribution >= 4 is 23.4 Å². The van der Waals surface area contributed by atoms with Crippen LogP contribution < -0.4 is 20.3 Å². The van der Waals surface area contributed by atoms with Gasteiger partial charge in [-0.15, -0.1) is 0 Å². The first-order valence-corrected chi connectivity index (χ1v) is 10.3. The van der Waals surface area contributed by atoms with Gasteiger partial charge in [-0.2, -0.15) is 0 Å². The van der Waals surface area contributed by atoms with Crippen LogP contribution in [0.2, 0.25) is 5.02 Å². The van der Waals surface area contributed by atoms with Gasteiger partial charge in [0.15, 0.2) is 6.61 Å². The summed E-state index contributed by atoms with van der Waals surface area (Å²) in [5, 5.41) is 0.685. The van der Waals surface area contributed by atoms with Crippen molar-refractivity contribution in [1.29, 1.82) is 0 Å². The van der Waals surface area contributed by atoms with Gasteiger partial charge in [-0.3, -0.25) is 20.4 Å². The second-order valence-electron chi connectivity index (χ2n) is 7.44. The number of nitrogens with one attached hydrogen (secondary N) is 2. The van der Waals surface area contributed by atoms with Crippen LogP contribution >= 0.6 is 11.6 Å². The maximum atomic E-state index is 12.0. The first-order valence-electron chi connectivity index (χ1n) is 9.96. The lowest BCUT2D eigenvalue weighted by Gasteiger charge is -2.15. The lowest BCUT2D eigenvalue weighted by Crippen LogP contribution is -2.43. The van der Waals surface area contributed by atoms with Crippen molar-refractivity contribution < 1.29 is 19.1 Å². The van der Waals surface area contributed by atoms with Crippen LogP contribution in [0.25, 0.3) is 0 Å². The molecule has 2 aromatic carbocycles. The second kappa shape index (κ2) is 11.5. The lowest BCUT2D eigenvalue weighted by atomic mass is 10.0. The van der Waals surface area contributed by atoms with E-state index in [1.165, 1.54) is 0 Å². The Morgan fingerprint density at radius 3 is 2.43 bits per heavy atom. The van der Waals surface area contributed by atoms with E-state index in [2.05, 4.69) is 24.7 Å². The highest BCUT2D eigenvalue weighted by molar-refractivity contribution is 6.31. The summed E-state index contributed by atoms with van der Waals surface area (Å²) in [5.41, 5.74) is 7.78. The van der Waals surface area contributed by atoms with Gasteiger partial charge < -0.3 is 9.47 Å². The number of rotatable bonds is 9. The van der Waals surface area contributed by atoms with E-state index in [0.717, 1.165) is 16.7 Å². The average Bonchev–Trinajstić information content (AvgIpc) is 2.70. The smallest absolute Gasteiger partial charge is 0.276 e. The van der Waals surface area contributed by atoms with Crippen LogP contribution in [0.15, 0.2) is 36.4 Å². The van der Waals surface area contributed by atoms with Crippen LogP contribution in [0.1, 0.15) is 49.3 Å². The van der Waals surface area contributed by atoms with Crippen LogP contribution in [-0.2, 0) is 9.59 Å². The number of carbonyl (C=O) groups is 2. The molecule has 0 radical (unpaired) electrons. The number of benzene rings is 2. The van der Waals surface area contributed by atoms with Crippen LogP contribution in [0.3, 0.4) is 0 Å². The van der Waals surface area contributed by atoms with Crippen molar-refractivity contribution in [3.8, 4) is 11.5 Å². The maximum absolute atomic E-state index is 12.0. The molecule has 2 aromatic rings. The second-order valence-corrected chi connectivity index (χ2v) is 7.85. The van der Waals surface area contributed by atoms with Gasteiger partial charge in [0, 0.05) is 11.4 Å². The number of hydrazine groups is 1. The molecule has 0 aliphatic rings. The molecule has 0 unspecified atom stereocenters. The Morgan fingerprint density at radius 1 is 1.00 bits per heavy atom. The number of aryl methyl sites for hydroxylation is 2. The van der Waals surface area contributed by atoms with Crippen LogP contribution in [0.5, 0.6) is 11.5 Å². The summed E-state index contributed by atoms with van der Waals surface area (Å²) in [6.07, 6.45) is 0.740. The molecule has 0 spiro atoms. The molecule has 0 aliphatic heterocycles. The minimum atomic E-state index is -0.424. The Kier molecular flexibility index (Phi) is 8.99. The van der Waals surface area contributed by atoms with Crippen molar-refractivity contribution in [3.05, 3.63) is 58.1 Å². The third-order valence-corrected chi connectivity index (χ3v) is 4.86. The van der Waals surface area contributed by atoms with Gasteiger partial charge in [0.2, 0.25) is 5.91 Å². The van der Waals surface area contributed by atoms with Crippen molar-refractivity contribution in [2.24, 2.45) is 0 Å². The number of amides is 2. The molecule has 2 N–H and O–H groups in total. The fraction of sp³-hybridized carbons (Fsp3) is 0.391. The summed E-state index contributed by atoms with van der Waals surface area (Å²) < 4.78 is 11.2. The Bertz CT molecular complexity index is 884. The van der Waals surface area contributed by atoms with E-state index in [9.17, 15) is 9.59 Å². The van der Waals surface area contributed by atoms with Crippen LogP contribution in [0.4, 0.5) is 0 Å². The normalized spacial score (nSPS) is 10.6. The number of halogens is 1. The molecule has 0 aromatic heterocycles. The molecule has 0 aliphatic carbocycles. The number of carbonyl (C=O) groups excluding carboxylic acids is 2. The topological polar surface area (TPSA) is 76.7 Å². The van der Waals surface area contributed by atoms with Gasteiger partial charge in [-0.05, 0) is 67.1 Å². The molecular formula is C23H29ClN2O4. The largest absolute Gasteiger partial charge is 0.494 e. The Morgan fingerprint density at radius 2 is 1.73 bits per heavy atom. The van der Waals surface area contributed by atoms with Gasteiger partial charge in [-0.1, -0.05) is 37.6 Å². The highest BCUT2D eigenvalue weighted by Crippen LogP contribution is 2.27. The number of ether oxygens (including phenoxy) is 2. The fourth-order valence-electron chi connectivity index (χ4n) is 2.75. The molecule has 0 atom stereocenters. The minimum Gasteiger partial charge on any atom is -0.494 e. The molecule has 0 bridgehead atoms. The molecule has 7 heteroatoms. The number of hydrogen-bond acceptors (Lipinski definition) is 4. The van der Waals surface area contributed by atoms with E-state index in [1.54, 1.807) is 12.1 Å². The molecule has 6 nitrogen and oxygen atoms in total. The highest BCUT2D eigenvalue weighted by Gasteiger charge is 2.11. The zero-order valence-corrected chi connectivity index (χ0v) is 18.6. The van der Waals surface area contributed by atoms with E-state index in [-0.39, 0.29) is 24.9 Å². The third kappa shape index (κ3) is 7.59. The summed E-state index contributed by atoms with van der Waals surface area (Å²) in [4.78, 5) is 23.9. The summed E-state index contributed by atoms with van der Waals surface area (Å²) >= 11 is 5.98. The molecule has 30 heavy (non-hydrogen) atoms. The van der Waals surface area contributed by atoms with Crippen molar-refractivity contribution in [2.45, 2.75) is 46.5 Å². The molecule has 2 amide bonds. The van der Waals surface area contributed by atoms with Crippen molar-refractivity contribution in [3.63, 3.8) is 0 Å². The predicted molar refractivity (Wildman–Crippen MR) is 118 cm³/mol. The molecule has 0 heterocycles. The molecule has 0 fully saturated rings. The summed E-state index contributed by atoms with van der Waals surface area (Å²) in [7, 11) is 0. The van der Waals surface area contributed by atoms with Gasteiger partial charge in [-0.25, -0.2) is 0 Å². The van der Waals surface area contributed by atoms with E-state index in [1.807, 2.05) is 38.1 Å². The van der Waals surface area contributed by atoms with Crippen molar-refractivity contribution in [2.75, 3.05) is 13.2 Å². The van der Waals surface area contributed by atoms with Crippen molar-refractivity contribution in [1.82, 2.24) is 10.9 Å². The van der Waals surface area contributed by atoms with Crippen LogP contribution in [-0.4, -0.2) is 25.0 Å². The molecule has 0 saturated carbocycles. The van der Waals surface area contributed by atoms with E-state index in [0.29, 0.717) is 29.5 Å². The van der Waals surface area contributed by atoms with Gasteiger partial charge in [0.05, 0.1) is 6.61 Å². The van der Waals surface area contributed by atoms with Gasteiger partial charge >= 0.3 is 0 Å². The summed E-state index contributed by atoms with van der Waals surface area (Å²) in [5.74, 6) is 0.952. The Hall–Kier alpha value is -2.73. The summed E-state index contributed by atoms with van der Waals surface area (Å²) in [6, 6.07) is 11.3. The monoisotopic (exact) mass is 432 g/mol. The first-order chi connectivity index (χ1) is 14.3. The number of hydrogen-bond donors (Lipinski definition) is 2. The maximum Gasteiger partial charge on any atom is 0.276 e. The van der Waals surface area contributed by atoms with E-state index in [4.69, 9.17) is 21.1 Å². The molecule has 0 saturated heterocycles. The van der Waals surface area contributed by atoms with Gasteiger partial charge in [0.25, 0.3) is 5.91 Å². The molecular weight excluding hydrogens is 404 g/mol. The minimum absolute atomic E-state index is 0.178. The Labute approximate surface area is 182 Å². The zero-order chi connectivity index (χ0) is 22.1. The van der Waals surface area contributed by atoms with Crippen LogP contribution in [0, 0.1) is 13.8 Å². The Balaban J connectivity index is 1.66. The average molecular weight is 433 g/mol. The lowest BCUT2D eigenvalue weighted by molar-refractivity contribution is -0.130. The quantitative estimate of drug-likeness (QED) is 0.453. The zero-order valence-electron chi connectivity index (χ0n) is 17.9. The summed E-state index contributed by atoms with van der Waals surface area (Å²) in [6.45, 7) is 8.21. The SMILES string of the molecule is Cc1ccc(C(C)C)c(OCC(=O)NNC(=O)CCCOc2ccc(Cl)c(C)c2)c1. The predicted octanol–water partition coefficient (Wildman–Crippen LogP) is 4.47. The van der Waals surface area contributed by atoms with Gasteiger partial charge in [0.1, 0.15) is 11.5 Å². The van der Waals surface area contributed by atoms with E-state index >= 15 is 0 Å². The molecule has 2 rings (SSSR count). The highest BCUT2D eigenvalue weighted by atomic mass is 35.5. The van der Waals surface area contributed by atoms with E-state index < -0.39 is 5.91 Å². The third-order valence-electron chi connectivity index (χ3n) is 4.44. The first kappa shape index (κ1) is 23.5. The fourth-order valence-corrected chi connectivity index (χ4v) is 2.87. The molecule has 162 valence electrons. The standard InChI is InChI=1S/C23H29ClN2O4/c1-15(2)19-9-7-16(3)12-21(19)30-14-23(28)26-25-22(27)6-5-11-29-18-8-10-20(24)17(4)13-18/h7-10,12-13,15H,5-6,11,14H2,1-4H3,(H,25,27)(H,26,28).